The van der Waals surface area contributed by atoms with Crippen LogP contribution in [0, 0.1) is 17.2 Å². The number of amides is 2. The number of nitriles is 1. The van der Waals surface area contributed by atoms with E-state index in [0.29, 0.717) is 31.7 Å². The van der Waals surface area contributed by atoms with Gasteiger partial charge in [-0.05, 0) is 24.8 Å². The summed E-state index contributed by atoms with van der Waals surface area (Å²) in [6, 6.07) is 10.7. The van der Waals surface area contributed by atoms with Crippen molar-refractivity contribution >= 4 is 22.6 Å². The van der Waals surface area contributed by atoms with Crippen molar-refractivity contribution < 1.29 is 13.8 Å². The summed E-state index contributed by atoms with van der Waals surface area (Å²) in [6.45, 7) is 0.870. The number of carbonyl (C=O) groups is 2. The molecule has 0 aliphatic carbocycles. The number of nitrogens with zero attached hydrogens (tertiary/aromatic N) is 3. The van der Waals surface area contributed by atoms with Crippen LogP contribution in [0.1, 0.15) is 30.7 Å². The molecule has 0 saturated carbocycles. The minimum atomic E-state index is -1.09. The summed E-state index contributed by atoms with van der Waals surface area (Å²) in [6.07, 6.45) is 1.96. The van der Waals surface area contributed by atoms with Crippen molar-refractivity contribution in [2.24, 2.45) is 11.7 Å². The Labute approximate surface area is 173 Å². The number of rotatable bonds is 2. The fraction of sp³-hybridized carbons (Fsp3) is 0.571. The Hall–Kier alpha value is -2.24. The molecule has 2 amide bonds. The Kier molecular flexibility index (Phi) is 5.70. The van der Waals surface area contributed by atoms with E-state index in [9.17, 15) is 19.1 Å². The zero-order valence-electron chi connectivity index (χ0n) is 16.3. The predicted octanol–water partition coefficient (Wildman–Crippen LogP) is 0.591. The molecular formula is C21H26N4O3S. The van der Waals surface area contributed by atoms with E-state index in [1.165, 1.54) is 0 Å². The third-order valence-electron chi connectivity index (χ3n) is 6.43. The molecule has 0 spiro atoms. The van der Waals surface area contributed by atoms with Crippen LogP contribution in [0.4, 0.5) is 0 Å². The van der Waals surface area contributed by atoms with E-state index in [-0.39, 0.29) is 35.4 Å². The highest BCUT2D eigenvalue weighted by molar-refractivity contribution is 7.85. The zero-order valence-corrected chi connectivity index (χ0v) is 17.1. The van der Waals surface area contributed by atoms with Crippen molar-refractivity contribution in [1.82, 2.24) is 9.80 Å². The Morgan fingerprint density at radius 3 is 2.66 bits per heavy atom. The van der Waals surface area contributed by atoms with Crippen LogP contribution in [0.15, 0.2) is 30.3 Å². The maximum Gasteiger partial charge on any atom is 0.245 e. The van der Waals surface area contributed by atoms with Gasteiger partial charge in [-0.25, -0.2) is 0 Å². The lowest BCUT2D eigenvalue weighted by Gasteiger charge is -2.35. The summed E-state index contributed by atoms with van der Waals surface area (Å²) >= 11 is 0. The maximum absolute atomic E-state index is 13.4. The van der Waals surface area contributed by atoms with Crippen molar-refractivity contribution in [1.29, 1.82) is 5.26 Å². The molecule has 3 saturated heterocycles. The van der Waals surface area contributed by atoms with Gasteiger partial charge in [0.2, 0.25) is 11.8 Å². The molecular weight excluding hydrogens is 388 g/mol. The van der Waals surface area contributed by atoms with Gasteiger partial charge in [-0.1, -0.05) is 30.3 Å². The van der Waals surface area contributed by atoms with Gasteiger partial charge in [-0.2, -0.15) is 5.26 Å². The van der Waals surface area contributed by atoms with Crippen LogP contribution in [0.5, 0.6) is 0 Å². The molecule has 8 heteroatoms. The molecule has 4 rings (SSSR count). The molecule has 1 aromatic rings. The van der Waals surface area contributed by atoms with Crippen molar-refractivity contribution in [2.75, 3.05) is 24.6 Å². The molecule has 0 radical (unpaired) electrons. The van der Waals surface area contributed by atoms with Crippen molar-refractivity contribution in [2.45, 2.75) is 43.3 Å². The second-order valence-corrected chi connectivity index (χ2v) is 9.82. The molecule has 1 unspecified atom stereocenters. The lowest BCUT2D eigenvalue weighted by Crippen LogP contribution is -2.56. The minimum absolute atomic E-state index is 0.0185. The first-order valence-corrected chi connectivity index (χ1v) is 11.6. The highest BCUT2D eigenvalue weighted by Crippen LogP contribution is 2.35. The highest BCUT2D eigenvalue weighted by Gasteiger charge is 2.47. The van der Waals surface area contributed by atoms with E-state index in [0.717, 1.165) is 12.0 Å². The number of carbonyl (C=O) groups excluding carboxylic acids is 2. The van der Waals surface area contributed by atoms with E-state index in [2.05, 4.69) is 6.07 Å². The van der Waals surface area contributed by atoms with Gasteiger partial charge in [-0.15, -0.1) is 0 Å². The van der Waals surface area contributed by atoms with E-state index in [1.807, 2.05) is 30.3 Å². The molecule has 1 aromatic carbocycles. The molecule has 3 fully saturated rings. The normalized spacial score (nSPS) is 35.0. The van der Waals surface area contributed by atoms with Crippen LogP contribution in [-0.2, 0) is 20.4 Å². The third-order valence-corrected chi connectivity index (χ3v) is 7.85. The molecule has 3 heterocycles. The van der Waals surface area contributed by atoms with Crippen LogP contribution in [0.25, 0.3) is 0 Å². The first-order chi connectivity index (χ1) is 14.0. The van der Waals surface area contributed by atoms with Gasteiger partial charge in [-0.3, -0.25) is 13.8 Å². The van der Waals surface area contributed by atoms with Gasteiger partial charge in [0.1, 0.15) is 6.04 Å². The summed E-state index contributed by atoms with van der Waals surface area (Å²) in [5, 5.41) is 9.62. The summed E-state index contributed by atoms with van der Waals surface area (Å²) in [5.41, 5.74) is 7.06. The lowest BCUT2D eigenvalue weighted by molar-refractivity contribution is -0.145. The number of nitrogens with two attached hydrogens (primary N) is 1. The molecule has 7 nitrogen and oxygen atoms in total. The first-order valence-electron chi connectivity index (χ1n) is 10.2. The van der Waals surface area contributed by atoms with Gasteiger partial charge in [0.15, 0.2) is 0 Å². The minimum Gasteiger partial charge on any atom is -0.339 e. The monoisotopic (exact) mass is 414 g/mol. The van der Waals surface area contributed by atoms with Crippen molar-refractivity contribution in [3.63, 3.8) is 0 Å². The van der Waals surface area contributed by atoms with Crippen LogP contribution < -0.4 is 5.73 Å². The lowest BCUT2D eigenvalue weighted by atomic mass is 9.90. The third kappa shape index (κ3) is 3.81. The van der Waals surface area contributed by atoms with Crippen molar-refractivity contribution in [3.8, 4) is 6.07 Å². The van der Waals surface area contributed by atoms with Gasteiger partial charge < -0.3 is 15.5 Å². The number of likely N-dealkylation sites (tertiary alicyclic amines) is 1. The van der Waals surface area contributed by atoms with Crippen LogP contribution >= 0.6 is 0 Å². The molecule has 3 aliphatic heterocycles. The Morgan fingerprint density at radius 1 is 1.17 bits per heavy atom. The molecule has 0 bridgehead atoms. The van der Waals surface area contributed by atoms with Gasteiger partial charge in [0, 0.05) is 47.4 Å². The quantitative estimate of drug-likeness (QED) is 0.762. The molecule has 6 atom stereocenters. The average molecular weight is 415 g/mol. The fourth-order valence-electron chi connectivity index (χ4n) is 4.92. The summed E-state index contributed by atoms with van der Waals surface area (Å²) < 4.78 is 12.0. The molecule has 29 heavy (non-hydrogen) atoms. The SMILES string of the molecule is N#C[C@@H]1CN(C(=O)[C@@H]2CC[C@@H]3CCS(=O)C[C@H](N)C(=O)N32)C[C@H]1c1ccccc1. The zero-order chi connectivity index (χ0) is 20.5. The molecule has 3 aliphatic rings. The Bertz CT molecular complexity index is 855. The average Bonchev–Trinajstić information content (AvgIpc) is 3.35. The summed E-state index contributed by atoms with van der Waals surface area (Å²) in [7, 11) is -1.09. The fourth-order valence-corrected chi connectivity index (χ4v) is 6.16. The summed E-state index contributed by atoms with van der Waals surface area (Å²) in [4.78, 5) is 29.7. The first kappa shape index (κ1) is 20.0. The smallest absolute Gasteiger partial charge is 0.245 e. The van der Waals surface area contributed by atoms with Crippen LogP contribution in [0.3, 0.4) is 0 Å². The molecule has 2 N–H and O–H groups in total. The second kappa shape index (κ2) is 8.25. The predicted molar refractivity (Wildman–Crippen MR) is 109 cm³/mol. The van der Waals surface area contributed by atoms with Crippen molar-refractivity contribution in [3.05, 3.63) is 35.9 Å². The van der Waals surface area contributed by atoms with Crippen LogP contribution in [-0.4, -0.2) is 68.5 Å². The molecule has 154 valence electrons. The standard InChI is InChI=1S/C21H26N4O3S/c22-10-15-11-24(12-17(15)14-4-2-1-3-5-14)21(27)19-7-6-16-8-9-29(28)13-18(23)20(26)25(16)19/h1-5,15-19H,6-9,11-13,23H2/t15-,16-,17+,18+,19+,29?/m1/s1. The largest absolute Gasteiger partial charge is 0.339 e. The number of hydrogen-bond donors (Lipinski definition) is 1. The Morgan fingerprint density at radius 2 is 1.93 bits per heavy atom. The number of benzene rings is 1. The van der Waals surface area contributed by atoms with E-state index < -0.39 is 22.9 Å². The van der Waals surface area contributed by atoms with E-state index in [1.54, 1.807) is 9.80 Å². The van der Waals surface area contributed by atoms with Gasteiger partial charge >= 0.3 is 0 Å². The van der Waals surface area contributed by atoms with Gasteiger partial charge in [0.05, 0.1) is 18.0 Å². The second-order valence-electron chi connectivity index (χ2n) is 8.19. The maximum atomic E-state index is 13.4. The topological polar surface area (TPSA) is 107 Å². The highest BCUT2D eigenvalue weighted by atomic mass is 32.2. The molecule has 0 aromatic heterocycles. The summed E-state index contributed by atoms with van der Waals surface area (Å²) in [5.74, 6) is 0.0304. The Balaban J connectivity index is 1.53. The van der Waals surface area contributed by atoms with E-state index >= 15 is 0 Å². The van der Waals surface area contributed by atoms with Gasteiger partial charge in [0.25, 0.3) is 0 Å². The number of hydrogen-bond acceptors (Lipinski definition) is 5. The number of fused-ring (bicyclic) bond motifs is 1. The van der Waals surface area contributed by atoms with E-state index in [4.69, 9.17) is 5.73 Å². The van der Waals surface area contributed by atoms with Crippen LogP contribution in [0.2, 0.25) is 0 Å².